The second-order valence-corrected chi connectivity index (χ2v) is 10.6. The summed E-state index contributed by atoms with van der Waals surface area (Å²) in [5.41, 5.74) is 2.57. The molecule has 0 radical (unpaired) electrons. The number of carbonyl (C=O) groups excluding carboxylic acids is 1. The Morgan fingerprint density at radius 1 is 1.06 bits per heavy atom. The minimum absolute atomic E-state index is 0.0119. The fourth-order valence-corrected chi connectivity index (χ4v) is 4.97. The Kier molecular flexibility index (Phi) is 6.90. The Labute approximate surface area is 205 Å². The van der Waals surface area contributed by atoms with E-state index in [4.69, 9.17) is 9.72 Å². The van der Waals surface area contributed by atoms with Crippen LogP contribution in [0, 0.1) is 6.92 Å². The summed E-state index contributed by atoms with van der Waals surface area (Å²) >= 11 is 0. The molecule has 1 atom stereocenters. The first-order valence-electron chi connectivity index (χ1n) is 11.2. The maximum atomic E-state index is 13.1. The molecule has 1 amide bonds. The van der Waals surface area contributed by atoms with Gasteiger partial charge in [0, 0.05) is 19.8 Å². The SMILES string of the molecule is Cc1ccc(NC(=O)Cn2c(C(C)Oc3ccccc3)nc3ccccc32)cc1S(=O)(=O)N(C)C. The van der Waals surface area contributed by atoms with Crippen LogP contribution >= 0.6 is 0 Å². The molecule has 3 aromatic carbocycles. The number of aromatic nitrogens is 2. The quantitative estimate of drug-likeness (QED) is 0.394. The van der Waals surface area contributed by atoms with Gasteiger partial charge in [0.15, 0.2) is 11.9 Å². The number of anilines is 1. The van der Waals surface area contributed by atoms with E-state index in [0.29, 0.717) is 22.8 Å². The van der Waals surface area contributed by atoms with Crippen LogP contribution in [-0.4, -0.2) is 42.3 Å². The smallest absolute Gasteiger partial charge is 0.244 e. The molecule has 35 heavy (non-hydrogen) atoms. The van der Waals surface area contributed by atoms with Crippen molar-refractivity contribution in [2.24, 2.45) is 0 Å². The molecule has 182 valence electrons. The molecular formula is C26H28N4O4S. The summed E-state index contributed by atoms with van der Waals surface area (Å²) in [6.07, 6.45) is -0.409. The van der Waals surface area contributed by atoms with Crippen molar-refractivity contribution in [3.63, 3.8) is 0 Å². The third-order valence-electron chi connectivity index (χ3n) is 5.64. The van der Waals surface area contributed by atoms with Gasteiger partial charge < -0.3 is 14.6 Å². The maximum absolute atomic E-state index is 13.1. The van der Waals surface area contributed by atoms with Crippen LogP contribution in [-0.2, 0) is 21.4 Å². The Morgan fingerprint density at radius 3 is 2.46 bits per heavy atom. The van der Waals surface area contributed by atoms with Crippen molar-refractivity contribution in [2.75, 3.05) is 19.4 Å². The van der Waals surface area contributed by atoms with Crippen LogP contribution in [0.4, 0.5) is 5.69 Å². The fourth-order valence-electron chi connectivity index (χ4n) is 3.82. The summed E-state index contributed by atoms with van der Waals surface area (Å²) in [6, 6.07) is 21.9. The third-order valence-corrected chi connectivity index (χ3v) is 7.59. The molecule has 0 bridgehead atoms. The number of imidazole rings is 1. The molecule has 1 heterocycles. The number of hydrogen-bond donors (Lipinski definition) is 1. The van der Waals surface area contributed by atoms with E-state index >= 15 is 0 Å². The number of rotatable bonds is 8. The molecule has 0 saturated carbocycles. The van der Waals surface area contributed by atoms with Crippen molar-refractivity contribution < 1.29 is 17.9 Å². The van der Waals surface area contributed by atoms with Crippen LogP contribution in [0.2, 0.25) is 0 Å². The zero-order valence-corrected chi connectivity index (χ0v) is 20.9. The number of hydrogen-bond acceptors (Lipinski definition) is 5. The zero-order valence-electron chi connectivity index (χ0n) is 20.1. The molecule has 4 aromatic rings. The standard InChI is InChI=1S/C26H28N4O4S/c1-18-14-15-20(16-24(18)35(32,33)29(3)4)27-25(31)17-30-23-13-9-8-12-22(23)28-26(30)19(2)34-21-10-6-5-7-11-21/h5-16,19H,17H2,1-4H3,(H,27,31). The highest BCUT2D eigenvalue weighted by atomic mass is 32.2. The zero-order chi connectivity index (χ0) is 25.2. The van der Waals surface area contributed by atoms with Gasteiger partial charge in [-0.3, -0.25) is 4.79 Å². The maximum Gasteiger partial charge on any atom is 0.244 e. The number of benzene rings is 3. The summed E-state index contributed by atoms with van der Waals surface area (Å²) < 4.78 is 34.3. The molecule has 1 aromatic heterocycles. The lowest BCUT2D eigenvalue weighted by Crippen LogP contribution is -2.24. The lowest BCUT2D eigenvalue weighted by atomic mass is 10.2. The van der Waals surface area contributed by atoms with Gasteiger partial charge >= 0.3 is 0 Å². The summed E-state index contributed by atoms with van der Waals surface area (Å²) in [5.74, 6) is 1.01. The molecule has 1 N–H and O–H groups in total. The van der Waals surface area contributed by atoms with Crippen LogP contribution in [0.1, 0.15) is 24.4 Å². The van der Waals surface area contributed by atoms with E-state index in [1.54, 1.807) is 19.1 Å². The lowest BCUT2D eigenvalue weighted by molar-refractivity contribution is -0.116. The Balaban J connectivity index is 1.61. The van der Waals surface area contributed by atoms with Crippen molar-refractivity contribution in [2.45, 2.75) is 31.4 Å². The van der Waals surface area contributed by atoms with Gasteiger partial charge in [-0.05, 0) is 55.8 Å². The van der Waals surface area contributed by atoms with Gasteiger partial charge in [0.25, 0.3) is 0 Å². The largest absolute Gasteiger partial charge is 0.483 e. The molecule has 0 aliphatic heterocycles. The van der Waals surface area contributed by atoms with E-state index in [0.717, 1.165) is 15.3 Å². The van der Waals surface area contributed by atoms with Crippen molar-refractivity contribution in [3.8, 4) is 5.75 Å². The summed E-state index contributed by atoms with van der Waals surface area (Å²) in [7, 11) is -0.689. The second kappa shape index (κ2) is 9.89. The van der Waals surface area contributed by atoms with Crippen LogP contribution < -0.4 is 10.1 Å². The van der Waals surface area contributed by atoms with Crippen LogP contribution in [0.25, 0.3) is 11.0 Å². The van der Waals surface area contributed by atoms with Gasteiger partial charge in [0.05, 0.1) is 15.9 Å². The molecule has 0 spiro atoms. The van der Waals surface area contributed by atoms with E-state index in [-0.39, 0.29) is 17.3 Å². The normalized spacial score (nSPS) is 12.6. The Bertz CT molecular complexity index is 1460. The first-order chi connectivity index (χ1) is 16.7. The first kappa shape index (κ1) is 24.4. The van der Waals surface area contributed by atoms with E-state index < -0.39 is 16.1 Å². The number of amides is 1. The predicted molar refractivity (Wildman–Crippen MR) is 136 cm³/mol. The highest BCUT2D eigenvalue weighted by molar-refractivity contribution is 7.89. The molecule has 0 fully saturated rings. The first-order valence-corrected chi connectivity index (χ1v) is 12.6. The molecule has 1 unspecified atom stereocenters. The monoisotopic (exact) mass is 492 g/mol. The van der Waals surface area contributed by atoms with Crippen LogP contribution in [0.15, 0.2) is 77.7 Å². The van der Waals surface area contributed by atoms with Gasteiger partial charge in [-0.2, -0.15) is 0 Å². The second-order valence-electron chi connectivity index (χ2n) is 8.43. The van der Waals surface area contributed by atoms with E-state index in [1.165, 1.54) is 20.2 Å². The number of nitrogens with one attached hydrogen (secondary N) is 1. The Hall–Kier alpha value is -3.69. The van der Waals surface area contributed by atoms with E-state index in [9.17, 15) is 13.2 Å². The van der Waals surface area contributed by atoms with Gasteiger partial charge in [0.2, 0.25) is 15.9 Å². The third kappa shape index (κ3) is 5.21. The highest BCUT2D eigenvalue weighted by Crippen LogP contribution is 2.26. The molecule has 0 saturated heterocycles. The topological polar surface area (TPSA) is 93.5 Å². The summed E-state index contributed by atoms with van der Waals surface area (Å²) in [4.78, 5) is 17.9. The number of nitrogens with zero attached hydrogens (tertiary/aromatic N) is 3. The average Bonchev–Trinajstić information content (AvgIpc) is 3.19. The van der Waals surface area contributed by atoms with Crippen LogP contribution in [0.5, 0.6) is 5.75 Å². The molecule has 9 heteroatoms. The van der Waals surface area contributed by atoms with Gasteiger partial charge in [-0.25, -0.2) is 17.7 Å². The number of fused-ring (bicyclic) bond motifs is 1. The van der Waals surface area contributed by atoms with Crippen LogP contribution in [0.3, 0.4) is 0 Å². The number of ether oxygens (including phenoxy) is 1. The number of sulfonamides is 1. The number of aryl methyl sites for hydroxylation is 1. The van der Waals surface area contributed by atoms with Crippen molar-refractivity contribution in [3.05, 3.63) is 84.2 Å². The minimum atomic E-state index is -3.64. The number of para-hydroxylation sites is 3. The van der Waals surface area contributed by atoms with Crippen molar-refractivity contribution in [1.82, 2.24) is 13.9 Å². The van der Waals surface area contributed by atoms with Crippen molar-refractivity contribution >= 4 is 32.7 Å². The summed E-state index contributed by atoms with van der Waals surface area (Å²) in [6.45, 7) is 3.60. The molecule has 0 aliphatic rings. The average molecular weight is 493 g/mol. The lowest BCUT2D eigenvalue weighted by Gasteiger charge is -2.17. The highest BCUT2D eigenvalue weighted by Gasteiger charge is 2.22. The van der Waals surface area contributed by atoms with Gasteiger partial charge in [-0.1, -0.05) is 36.4 Å². The summed E-state index contributed by atoms with van der Waals surface area (Å²) in [5, 5.41) is 2.83. The fraction of sp³-hybridized carbons (Fsp3) is 0.231. The molecule has 4 rings (SSSR count). The molecule has 8 nitrogen and oxygen atoms in total. The minimum Gasteiger partial charge on any atom is -0.483 e. The molecule has 0 aliphatic carbocycles. The van der Waals surface area contributed by atoms with E-state index in [1.807, 2.05) is 66.1 Å². The Morgan fingerprint density at radius 2 is 1.74 bits per heavy atom. The van der Waals surface area contributed by atoms with Gasteiger partial charge in [-0.15, -0.1) is 0 Å². The van der Waals surface area contributed by atoms with Crippen molar-refractivity contribution in [1.29, 1.82) is 0 Å². The predicted octanol–water partition coefficient (Wildman–Crippen LogP) is 4.37. The van der Waals surface area contributed by atoms with Gasteiger partial charge in [0.1, 0.15) is 12.3 Å². The molecular weight excluding hydrogens is 464 g/mol. The van der Waals surface area contributed by atoms with E-state index in [2.05, 4.69) is 5.32 Å². The number of carbonyl (C=O) groups is 1.